The zero-order valence-corrected chi connectivity index (χ0v) is 20.6. The molecule has 5 aromatic rings. The number of furan rings is 1. The summed E-state index contributed by atoms with van der Waals surface area (Å²) in [6, 6.07) is 17.7. The molecule has 3 aromatic heterocycles. The van der Waals surface area contributed by atoms with Crippen molar-refractivity contribution in [2.75, 3.05) is 4.90 Å². The van der Waals surface area contributed by atoms with Crippen LogP contribution in [0.3, 0.4) is 0 Å². The largest absolute Gasteiger partial charge is 0.461 e. The van der Waals surface area contributed by atoms with Crippen LogP contribution in [0, 0.1) is 13.8 Å². The van der Waals surface area contributed by atoms with Crippen molar-refractivity contribution in [1.82, 2.24) is 15.0 Å². The minimum Gasteiger partial charge on any atom is -0.461 e. The van der Waals surface area contributed by atoms with Crippen LogP contribution in [-0.2, 0) is 10.5 Å². The predicted octanol–water partition coefficient (Wildman–Crippen LogP) is 6.94. The van der Waals surface area contributed by atoms with Gasteiger partial charge in [-0.05, 0) is 43.7 Å². The highest BCUT2D eigenvalue weighted by atomic mass is 32.2. The number of nitrogens with zero attached hydrogens (tertiary/aromatic N) is 4. The highest BCUT2D eigenvalue weighted by molar-refractivity contribution is 7.98. The number of para-hydroxylation sites is 1. The molecule has 0 saturated carbocycles. The summed E-state index contributed by atoms with van der Waals surface area (Å²) < 4.78 is 5.51. The summed E-state index contributed by atoms with van der Waals surface area (Å²) in [5.41, 5.74) is 4.81. The van der Waals surface area contributed by atoms with Crippen LogP contribution in [0.4, 0.5) is 10.8 Å². The Morgan fingerprint density at radius 3 is 2.68 bits per heavy atom. The quantitative estimate of drug-likeness (QED) is 0.191. The Hall–Kier alpha value is -3.49. The minimum atomic E-state index is -0.0645. The second-order valence-electron chi connectivity index (χ2n) is 7.90. The van der Waals surface area contributed by atoms with E-state index in [9.17, 15) is 4.79 Å². The number of fused-ring (bicyclic) bond motifs is 1. The number of thiazole rings is 1. The highest BCUT2D eigenvalue weighted by Gasteiger charge is 2.20. The van der Waals surface area contributed by atoms with Crippen molar-refractivity contribution in [1.29, 1.82) is 0 Å². The molecule has 0 aliphatic heterocycles. The molecule has 0 bridgehead atoms. The van der Waals surface area contributed by atoms with Crippen molar-refractivity contribution in [3.8, 4) is 11.6 Å². The number of hydrogen-bond donors (Lipinski definition) is 0. The lowest BCUT2D eigenvalue weighted by atomic mass is 10.1. The van der Waals surface area contributed by atoms with Crippen LogP contribution in [0.25, 0.3) is 22.5 Å². The average Bonchev–Trinajstić information content (AvgIpc) is 3.51. The van der Waals surface area contributed by atoms with Gasteiger partial charge >= 0.3 is 0 Å². The molecular formula is C26H22N4O2S2. The number of benzene rings is 2. The van der Waals surface area contributed by atoms with Crippen LogP contribution in [0.15, 0.2) is 75.7 Å². The average molecular weight is 487 g/mol. The first kappa shape index (κ1) is 22.3. The Labute approximate surface area is 205 Å². The van der Waals surface area contributed by atoms with Crippen LogP contribution in [-0.4, -0.2) is 20.9 Å². The summed E-state index contributed by atoms with van der Waals surface area (Å²) in [6.07, 6.45) is 1.62. The Bertz CT molecular complexity index is 1480. The third kappa shape index (κ3) is 4.47. The van der Waals surface area contributed by atoms with E-state index in [2.05, 4.69) is 11.1 Å². The van der Waals surface area contributed by atoms with E-state index < -0.39 is 0 Å². The van der Waals surface area contributed by atoms with E-state index in [0.717, 1.165) is 38.4 Å². The van der Waals surface area contributed by atoms with Gasteiger partial charge in [-0.25, -0.2) is 15.0 Å². The SMILES string of the molecule is CC(=O)N(c1nc(CSc2nc(-c3ccco3)nc3ccccc23)cs1)c1ccc(C)cc1C. The normalized spacial score (nSPS) is 11.1. The van der Waals surface area contributed by atoms with Crippen molar-refractivity contribution in [3.05, 3.63) is 83.1 Å². The second kappa shape index (κ2) is 9.40. The van der Waals surface area contributed by atoms with Crippen molar-refractivity contribution < 1.29 is 9.21 Å². The number of carbonyl (C=O) groups excluding carboxylic acids is 1. The van der Waals surface area contributed by atoms with E-state index in [1.807, 2.05) is 67.8 Å². The molecule has 0 spiro atoms. The summed E-state index contributed by atoms with van der Waals surface area (Å²) in [4.78, 5) is 28.4. The van der Waals surface area contributed by atoms with Gasteiger partial charge in [0.25, 0.3) is 0 Å². The zero-order chi connectivity index (χ0) is 23.7. The van der Waals surface area contributed by atoms with Crippen molar-refractivity contribution >= 4 is 50.7 Å². The van der Waals surface area contributed by atoms with Crippen molar-refractivity contribution in [3.63, 3.8) is 0 Å². The van der Waals surface area contributed by atoms with Crippen LogP contribution in [0.5, 0.6) is 0 Å². The lowest BCUT2D eigenvalue weighted by Gasteiger charge is -2.20. The molecule has 0 N–H and O–H groups in total. The number of aryl methyl sites for hydroxylation is 2. The lowest BCUT2D eigenvalue weighted by Crippen LogP contribution is -2.23. The Morgan fingerprint density at radius 1 is 1.06 bits per heavy atom. The molecule has 34 heavy (non-hydrogen) atoms. The second-order valence-corrected chi connectivity index (χ2v) is 9.70. The first-order valence-electron chi connectivity index (χ1n) is 10.8. The third-order valence-electron chi connectivity index (χ3n) is 5.31. The molecule has 1 amide bonds. The first-order valence-corrected chi connectivity index (χ1v) is 12.6. The van der Waals surface area contributed by atoms with Crippen LogP contribution >= 0.6 is 23.1 Å². The maximum Gasteiger partial charge on any atom is 0.230 e. The Morgan fingerprint density at radius 2 is 1.91 bits per heavy atom. The summed E-state index contributed by atoms with van der Waals surface area (Å²) in [7, 11) is 0. The predicted molar refractivity (Wildman–Crippen MR) is 138 cm³/mol. The molecule has 5 rings (SSSR count). The number of anilines is 2. The molecule has 0 aliphatic carbocycles. The molecular weight excluding hydrogens is 464 g/mol. The van der Waals surface area contributed by atoms with Crippen LogP contribution < -0.4 is 4.90 Å². The molecule has 3 heterocycles. The van der Waals surface area contributed by atoms with E-state index in [1.165, 1.54) is 11.3 Å². The molecule has 0 unspecified atom stereocenters. The maximum absolute atomic E-state index is 12.5. The van der Waals surface area contributed by atoms with Crippen LogP contribution in [0.2, 0.25) is 0 Å². The van der Waals surface area contributed by atoms with E-state index in [-0.39, 0.29) is 5.91 Å². The molecule has 0 radical (unpaired) electrons. The van der Waals surface area contributed by atoms with Gasteiger partial charge in [0.15, 0.2) is 16.7 Å². The first-order chi connectivity index (χ1) is 16.5. The van der Waals surface area contributed by atoms with Gasteiger partial charge in [-0.15, -0.1) is 11.3 Å². The molecule has 0 aliphatic rings. The van der Waals surface area contributed by atoms with Gasteiger partial charge in [0.05, 0.1) is 23.2 Å². The number of aromatic nitrogens is 3. The van der Waals surface area contributed by atoms with Gasteiger partial charge in [-0.1, -0.05) is 47.7 Å². The summed E-state index contributed by atoms with van der Waals surface area (Å²) >= 11 is 3.06. The van der Waals surface area contributed by atoms with Crippen molar-refractivity contribution in [2.24, 2.45) is 0 Å². The van der Waals surface area contributed by atoms with E-state index in [0.29, 0.717) is 22.5 Å². The fraction of sp³-hybridized carbons (Fsp3) is 0.154. The standard InChI is InChI=1S/C26H22N4O2S2/c1-16-10-11-22(17(2)13-16)30(18(3)31)26-27-19(15-34-26)14-33-25-20-7-4-5-8-21(20)28-24(29-25)23-9-6-12-32-23/h4-13,15H,14H2,1-3H3. The van der Waals surface area contributed by atoms with Crippen molar-refractivity contribution in [2.45, 2.75) is 31.6 Å². The monoisotopic (exact) mass is 486 g/mol. The van der Waals surface area contributed by atoms with E-state index in [4.69, 9.17) is 14.4 Å². The molecule has 8 heteroatoms. The molecule has 0 atom stereocenters. The van der Waals surface area contributed by atoms with Gasteiger partial charge in [0.1, 0.15) is 5.03 Å². The number of thioether (sulfide) groups is 1. The fourth-order valence-corrected chi connectivity index (χ4v) is 5.64. The summed E-state index contributed by atoms with van der Waals surface area (Å²) in [6.45, 7) is 5.62. The maximum atomic E-state index is 12.5. The van der Waals surface area contributed by atoms with Crippen LogP contribution in [0.1, 0.15) is 23.7 Å². The zero-order valence-electron chi connectivity index (χ0n) is 19.0. The summed E-state index contributed by atoms with van der Waals surface area (Å²) in [5, 5.41) is 4.51. The van der Waals surface area contributed by atoms with Gasteiger partial charge in [-0.2, -0.15) is 0 Å². The lowest BCUT2D eigenvalue weighted by molar-refractivity contribution is -0.115. The number of hydrogen-bond acceptors (Lipinski definition) is 7. The minimum absolute atomic E-state index is 0.0645. The molecule has 170 valence electrons. The Kier molecular flexibility index (Phi) is 6.17. The molecule has 0 saturated heterocycles. The van der Waals surface area contributed by atoms with Gasteiger partial charge < -0.3 is 4.42 Å². The molecule has 2 aromatic carbocycles. The Balaban J connectivity index is 1.43. The fourth-order valence-electron chi connectivity index (χ4n) is 3.74. The van der Waals surface area contributed by atoms with E-state index >= 15 is 0 Å². The number of rotatable bonds is 6. The molecule has 0 fully saturated rings. The van der Waals surface area contributed by atoms with Gasteiger partial charge in [-0.3, -0.25) is 9.69 Å². The summed E-state index contributed by atoms with van der Waals surface area (Å²) in [5.74, 6) is 1.75. The number of carbonyl (C=O) groups is 1. The highest BCUT2D eigenvalue weighted by Crippen LogP contribution is 2.35. The smallest absolute Gasteiger partial charge is 0.230 e. The molecule has 6 nitrogen and oxygen atoms in total. The van der Waals surface area contributed by atoms with Gasteiger partial charge in [0.2, 0.25) is 5.91 Å². The number of amides is 1. The van der Waals surface area contributed by atoms with Gasteiger partial charge in [0, 0.05) is 23.4 Å². The topological polar surface area (TPSA) is 72.1 Å². The third-order valence-corrected chi connectivity index (χ3v) is 7.20. The van der Waals surface area contributed by atoms with E-state index in [1.54, 1.807) is 29.8 Å².